The minimum Gasteiger partial charge on any atom is -0.480 e. The Morgan fingerprint density at radius 3 is 2.71 bits per heavy atom. The molecule has 0 aliphatic rings. The maximum atomic E-state index is 10.7. The molecular formula is C7H9N3O4. The van der Waals surface area contributed by atoms with Crippen LogP contribution in [0.3, 0.4) is 0 Å². The van der Waals surface area contributed by atoms with Crippen molar-refractivity contribution in [2.24, 2.45) is 5.73 Å². The zero-order valence-corrected chi connectivity index (χ0v) is 7.35. The first kappa shape index (κ1) is 10.2. The maximum absolute atomic E-state index is 10.7. The van der Waals surface area contributed by atoms with E-state index in [0.717, 1.165) is 12.3 Å². The average molecular weight is 199 g/mol. The van der Waals surface area contributed by atoms with Gasteiger partial charge in [0.1, 0.15) is 0 Å². The summed E-state index contributed by atoms with van der Waals surface area (Å²) in [6, 6.07) is 1.11. The summed E-state index contributed by atoms with van der Waals surface area (Å²) in [6.45, 7) is 1.25. The molecule has 0 spiro atoms. The zero-order valence-electron chi connectivity index (χ0n) is 7.35. The Labute approximate surface area is 78.7 Å². The summed E-state index contributed by atoms with van der Waals surface area (Å²) in [7, 11) is 0. The lowest BCUT2D eigenvalue weighted by Gasteiger charge is -2.16. The summed E-state index contributed by atoms with van der Waals surface area (Å²) in [6.07, 6.45) is 1.10. The van der Waals surface area contributed by atoms with Crippen LogP contribution in [0.2, 0.25) is 0 Å². The molecule has 0 radical (unpaired) electrons. The third-order valence-corrected chi connectivity index (χ3v) is 1.88. The smallest absolute Gasteiger partial charge is 0.329 e. The monoisotopic (exact) mass is 199 g/mol. The van der Waals surface area contributed by atoms with Gasteiger partial charge in [0.2, 0.25) is 0 Å². The molecule has 0 unspecified atom stereocenters. The lowest BCUT2D eigenvalue weighted by Crippen LogP contribution is -2.41. The van der Waals surface area contributed by atoms with Crippen molar-refractivity contribution in [2.75, 3.05) is 0 Å². The Kier molecular flexibility index (Phi) is 2.26. The van der Waals surface area contributed by atoms with Crippen LogP contribution in [-0.4, -0.2) is 21.0 Å². The number of nitrogens with one attached hydrogen (secondary N) is 1. The van der Waals surface area contributed by atoms with Crippen molar-refractivity contribution < 1.29 is 14.8 Å². The van der Waals surface area contributed by atoms with Crippen LogP contribution in [0, 0.1) is 10.1 Å². The zero-order chi connectivity index (χ0) is 10.9. The fourth-order valence-electron chi connectivity index (χ4n) is 0.903. The van der Waals surface area contributed by atoms with Gasteiger partial charge in [0.15, 0.2) is 5.54 Å². The van der Waals surface area contributed by atoms with Crippen LogP contribution in [0.1, 0.15) is 12.6 Å². The van der Waals surface area contributed by atoms with Crippen molar-refractivity contribution in [3.8, 4) is 0 Å². The molecule has 1 aromatic heterocycles. The largest absolute Gasteiger partial charge is 0.480 e. The van der Waals surface area contributed by atoms with E-state index in [1.165, 1.54) is 6.92 Å². The molecule has 0 aliphatic heterocycles. The Bertz CT molecular complexity index is 382. The second-order valence-electron chi connectivity index (χ2n) is 3.04. The predicted octanol–water partition coefficient (Wildman–Crippen LogP) is 0.181. The van der Waals surface area contributed by atoms with Gasteiger partial charge in [-0.1, -0.05) is 0 Å². The molecule has 1 rings (SSSR count). The highest BCUT2D eigenvalue weighted by atomic mass is 16.6. The topological polar surface area (TPSA) is 122 Å². The quantitative estimate of drug-likeness (QED) is 0.473. The van der Waals surface area contributed by atoms with E-state index in [9.17, 15) is 14.9 Å². The van der Waals surface area contributed by atoms with Gasteiger partial charge in [-0.05, 0) is 6.92 Å². The second-order valence-corrected chi connectivity index (χ2v) is 3.04. The number of aromatic nitrogens is 1. The number of hydrogen-bond donors (Lipinski definition) is 3. The van der Waals surface area contributed by atoms with Crippen molar-refractivity contribution in [1.29, 1.82) is 0 Å². The molecule has 4 N–H and O–H groups in total. The number of carboxylic acid groups (broad SMARTS) is 1. The first-order valence-corrected chi connectivity index (χ1v) is 3.71. The van der Waals surface area contributed by atoms with Crippen molar-refractivity contribution in [2.45, 2.75) is 12.5 Å². The van der Waals surface area contributed by atoms with Crippen LogP contribution in [0.5, 0.6) is 0 Å². The number of aliphatic carboxylic acids is 1. The molecule has 76 valence electrons. The summed E-state index contributed by atoms with van der Waals surface area (Å²) < 4.78 is 0. The van der Waals surface area contributed by atoms with E-state index in [4.69, 9.17) is 10.8 Å². The number of hydrogen-bond acceptors (Lipinski definition) is 4. The summed E-state index contributed by atoms with van der Waals surface area (Å²) in [5.74, 6) is -1.26. The van der Waals surface area contributed by atoms with Gasteiger partial charge in [-0.2, -0.15) is 0 Å². The third kappa shape index (κ3) is 1.57. The van der Waals surface area contributed by atoms with E-state index in [0.29, 0.717) is 0 Å². The van der Waals surface area contributed by atoms with Gasteiger partial charge >= 0.3 is 5.97 Å². The van der Waals surface area contributed by atoms with Crippen LogP contribution in [0.15, 0.2) is 12.3 Å². The third-order valence-electron chi connectivity index (χ3n) is 1.88. The van der Waals surface area contributed by atoms with E-state index < -0.39 is 16.4 Å². The molecule has 7 nitrogen and oxygen atoms in total. The van der Waals surface area contributed by atoms with Gasteiger partial charge in [0.25, 0.3) is 5.69 Å². The van der Waals surface area contributed by atoms with E-state index >= 15 is 0 Å². The number of carbonyl (C=O) groups is 1. The van der Waals surface area contributed by atoms with E-state index in [2.05, 4.69) is 4.98 Å². The second kappa shape index (κ2) is 3.11. The molecule has 14 heavy (non-hydrogen) atoms. The fraction of sp³-hybridized carbons (Fsp3) is 0.286. The van der Waals surface area contributed by atoms with Gasteiger partial charge in [-0.15, -0.1) is 0 Å². The van der Waals surface area contributed by atoms with Crippen molar-refractivity contribution in [3.05, 3.63) is 28.1 Å². The number of aromatic amines is 1. The van der Waals surface area contributed by atoms with Crippen LogP contribution in [0.4, 0.5) is 5.69 Å². The maximum Gasteiger partial charge on any atom is 0.329 e. The SMILES string of the molecule is C[C@@](N)(C(=O)O)c1cc([N+](=O)[O-])c[nH]1. The first-order chi connectivity index (χ1) is 6.35. The van der Waals surface area contributed by atoms with Crippen molar-refractivity contribution >= 4 is 11.7 Å². The molecule has 1 aromatic rings. The van der Waals surface area contributed by atoms with Gasteiger partial charge in [-0.3, -0.25) is 10.1 Å². The summed E-state index contributed by atoms with van der Waals surface area (Å²) in [5, 5.41) is 19.0. The minimum atomic E-state index is -1.64. The number of carboxylic acids is 1. The average Bonchev–Trinajstić information content (AvgIpc) is 2.51. The lowest BCUT2D eigenvalue weighted by atomic mass is 10.0. The molecule has 1 heterocycles. The molecule has 0 amide bonds. The highest BCUT2D eigenvalue weighted by molar-refractivity contribution is 5.79. The highest BCUT2D eigenvalue weighted by Crippen LogP contribution is 2.21. The molecule has 0 aliphatic carbocycles. The Balaban J connectivity index is 3.09. The van der Waals surface area contributed by atoms with E-state index in [1.807, 2.05) is 0 Å². The van der Waals surface area contributed by atoms with Crippen LogP contribution in [0.25, 0.3) is 0 Å². The molecule has 0 bridgehead atoms. The molecule has 0 saturated carbocycles. The predicted molar refractivity (Wildman–Crippen MR) is 46.6 cm³/mol. The molecule has 0 fully saturated rings. The molecular weight excluding hydrogens is 190 g/mol. The molecule has 0 saturated heterocycles. The van der Waals surface area contributed by atoms with Crippen molar-refractivity contribution in [3.63, 3.8) is 0 Å². The number of H-pyrrole nitrogens is 1. The molecule has 1 atom stereocenters. The van der Waals surface area contributed by atoms with Gasteiger partial charge in [0, 0.05) is 6.07 Å². The van der Waals surface area contributed by atoms with E-state index in [1.54, 1.807) is 0 Å². The number of nitrogens with two attached hydrogens (primary N) is 1. The molecule has 7 heteroatoms. The standard InChI is InChI=1S/C7H9N3O4/c1-7(8,6(11)12)5-2-4(3-9-5)10(13)14/h2-3,9H,8H2,1H3,(H,11,12)/t7-/m0/s1. The van der Waals surface area contributed by atoms with Crippen LogP contribution >= 0.6 is 0 Å². The minimum absolute atomic E-state index is 0.0942. The first-order valence-electron chi connectivity index (χ1n) is 3.71. The number of nitro groups is 1. The number of rotatable bonds is 3. The number of nitrogens with zero attached hydrogens (tertiary/aromatic N) is 1. The lowest BCUT2D eigenvalue weighted by molar-refractivity contribution is -0.384. The Morgan fingerprint density at radius 1 is 1.79 bits per heavy atom. The van der Waals surface area contributed by atoms with E-state index in [-0.39, 0.29) is 11.4 Å². The van der Waals surface area contributed by atoms with Crippen LogP contribution in [-0.2, 0) is 10.3 Å². The molecule has 0 aromatic carbocycles. The Morgan fingerprint density at radius 2 is 2.36 bits per heavy atom. The van der Waals surface area contributed by atoms with Gasteiger partial charge in [0.05, 0.1) is 16.8 Å². The normalized spacial score (nSPS) is 14.7. The Hall–Kier alpha value is -1.89. The van der Waals surface area contributed by atoms with Crippen molar-refractivity contribution in [1.82, 2.24) is 4.98 Å². The summed E-state index contributed by atoms with van der Waals surface area (Å²) in [4.78, 5) is 22.8. The fourth-order valence-corrected chi connectivity index (χ4v) is 0.903. The van der Waals surface area contributed by atoms with Crippen LogP contribution < -0.4 is 5.73 Å². The summed E-state index contributed by atoms with van der Waals surface area (Å²) in [5.41, 5.74) is 3.68. The van der Waals surface area contributed by atoms with Gasteiger partial charge in [-0.25, -0.2) is 4.79 Å². The summed E-state index contributed by atoms with van der Waals surface area (Å²) >= 11 is 0. The highest BCUT2D eigenvalue weighted by Gasteiger charge is 2.33. The van der Waals surface area contributed by atoms with Gasteiger partial charge < -0.3 is 15.8 Å².